The van der Waals surface area contributed by atoms with Crippen molar-refractivity contribution >= 4 is 17.7 Å². The summed E-state index contributed by atoms with van der Waals surface area (Å²) >= 11 is 1.45. The molecular weight excluding hydrogens is 379 g/mol. The molecule has 1 aliphatic rings. The van der Waals surface area contributed by atoms with Gasteiger partial charge in [-0.25, -0.2) is 13.9 Å². The third-order valence-electron chi connectivity index (χ3n) is 4.51. The van der Waals surface area contributed by atoms with Crippen molar-refractivity contribution in [1.29, 1.82) is 0 Å². The average molecular weight is 398 g/mol. The first-order valence-corrected chi connectivity index (χ1v) is 10.2. The maximum Gasteiger partial charge on any atom is 0.346 e. The van der Waals surface area contributed by atoms with Crippen LogP contribution in [0, 0.1) is 5.82 Å². The topological polar surface area (TPSA) is 53.4 Å². The van der Waals surface area contributed by atoms with Crippen molar-refractivity contribution < 1.29 is 18.7 Å². The number of aryl methyl sites for hydroxylation is 1. The second-order valence-electron chi connectivity index (χ2n) is 6.36. The number of carbonyl (C=O) groups excluding carboxylic acids is 1. The summed E-state index contributed by atoms with van der Waals surface area (Å²) in [5.74, 6) is -0.664. The summed E-state index contributed by atoms with van der Waals surface area (Å²) in [7, 11) is 0. The molecule has 0 bridgehead atoms. The fourth-order valence-corrected chi connectivity index (χ4v) is 3.54. The van der Waals surface area contributed by atoms with Crippen molar-refractivity contribution in [3.63, 3.8) is 0 Å². The molecule has 28 heavy (non-hydrogen) atoms. The summed E-state index contributed by atoms with van der Waals surface area (Å²) in [4.78, 5) is 13.7. The lowest BCUT2D eigenvalue weighted by atomic mass is 10.1. The highest BCUT2D eigenvalue weighted by molar-refractivity contribution is 7.98. The number of benzene rings is 2. The zero-order chi connectivity index (χ0) is 19.5. The van der Waals surface area contributed by atoms with Gasteiger partial charge in [0.05, 0.1) is 6.61 Å². The molecular formula is C21H19FN2O3S. The van der Waals surface area contributed by atoms with Crippen LogP contribution in [0.25, 0.3) is 11.3 Å². The van der Waals surface area contributed by atoms with Crippen LogP contribution in [-0.4, -0.2) is 28.6 Å². The van der Waals surface area contributed by atoms with Crippen LogP contribution >= 0.6 is 11.8 Å². The molecule has 7 heteroatoms. The fraction of sp³-hybridized carbons (Fsp3) is 0.238. The van der Waals surface area contributed by atoms with E-state index in [9.17, 15) is 9.18 Å². The summed E-state index contributed by atoms with van der Waals surface area (Å²) < 4.78 is 27.5. The van der Waals surface area contributed by atoms with Crippen LogP contribution in [0.15, 0.2) is 53.4 Å². The maximum atomic E-state index is 14.7. The highest BCUT2D eigenvalue weighted by Gasteiger charge is 2.30. The van der Waals surface area contributed by atoms with Crippen LogP contribution in [0.5, 0.6) is 5.88 Å². The number of thioether (sulfide) groups is 1. The van der Waals surface area contributed by atoms with Gasteiger partial charge in [-0.2, -0.15) is 5.10 Å². The standard InChI is InChI=1S/C21H19FN2O3S/c1-28-15-8-9-16(17(22)12-15)19-18(20-24(23-19)10-5-11-26-20)21(25)27-13-14-6-3-2-4-7-14/h2-4,6-9,12H,5,10-11,13H2,1H3. The molecule has 0 unspecified atom stereocenters. The van der Waals surface area contributed by atoms with E-state index in [-0.39, 0.29) is 23.4 Å². The first kappa shape index (κ1) is 18.6. The molecule has 0 radical (unpaired) electrons. The van der Waals surface area contributed by atoms with Gasteiger partial charge in [0.25, 0.3) is 0 Å². The molecule has 144 valence electrons. The molecule has 1 aromatic heterocycles. The lowest BCUT2D eigenvalue weighted by molar-refractivity contribution is 0.0466. The summed E-state index contributed by atoms with van der Waals surface area (Å²) in [6, 6.07) is 14.3. The average Bonchev–Trinajstić information content (AvgIpc) is 3.12. The largest absolute Gasteiger partial charge is 0.477 e. The zero-order valence-corrected chi connectivity index (χ0v) is 16.2. The van der Waals surface area contributed by atoms with E-state index < -0.39 is 11.8 Å². The van der Waals surface area contributed by atoms with Crippen LogP contribution in [0.4, 0.5) is 4.39 Å². The Kier molecular flexibility index (Phi) is 5.34. The number of aromatic nitrogens is 2. The number of hydrogen-bond donors (Lipinski definition) is 0. The molecule has 0 fully saturated rings. The van der Waals surface area contributed by atoms with Crippen molar-refractivity contribution in [3.05, 3.63) is 65.5 Å². The molecule has 1 aliphatic heterocycles. The summed E-state index contributed by atoms with van der Waals surface area (Å²) in [6.07, 6.45) is 2.66. The Morgan fingerprint density at radius 1 is 1.29 bits per heavy atom. The number of fused-ring (bicyclic) bond motifs is 1. The molecule has 2 heterocycles. The quantitative estimate of drug-likeness (QED) is 0.466. The molecule has 0 amide bonds. The Morgan fingerprint density at radius 3 is 2.86 bits per heavy atom. The first-order valence-electron chi connectivity index (χ1n) is 8.96. The molecule has 0 saturated carbocycles. The van der Waals surface area contributed by atoms with Gasteiger partial charge in [-0.1, -0.05) is 30.3 Å². The van der Waals surface area contributed by atoms with Crippen LogP contribution in [0.3, 0.4) is 0 Å². The molecule has 3 aromatic rings. The van der Waals surface area contributed by atoms with Gasteiger partial charge in [0.2, 0.25) is 5.88 Å². The van der Waals surface area contributed by atoms with Crippen molar-refractivity contribution in [2.45, 2.75) is 24.5 Å². The lowest BCUT2D eigenvalue weighted by Gasteiger charge is -2.15. The number of carbonyl (C=O) groups is 1. The van der Waals surface area contributed by atoms with Gasteiger partial charge in [0.15, 0.2) is 0 Å². The minimum atomic E-state index is -0.574. The second kappa shape index (κ2) is 8.06. The molecule has 4 rings (SSSR count). The van der Waals surface area contributed by atoms with E-state index >= 15 is 0 Å². The highest BCUT2D eigenvalue weighted by Crippen LogP contribution is 2.35. The Labute approximate surface area is 166 Å². The van der Waals surface area contributed by atoms with Crippen molar-refractivity contribution in [3.8, 4) is 17.1 Å². The first-order chi connectivity index (χ1) is 13.7. The van der Waals surface area contributed by atoms with Crippen LogP contribution in [0.2, 0.25) is 0 Å². The van der Waals surface area contributed by atoms with E-state index in [2.05, 4.69) is 5.10 Å². The Balaban J connectivity index is 1.71. The van der Waals surface area contributed by atoms with Gasteiger partial charge in [-0.3, -0.25) is 0 Å². The third-order valence-corrected chi connectivity index (χ3v) is 5.23. The monoisotopic (exact) mass is 398 g/mol. The molecule has 0 saturated heterocycles. The fourth-order valence-electron chi connectivity index (χ4n) is 3.11. The summed E-state index contributed by atoms with van der Waals surface area (Å²) in [5.41, 5.74) is 1.55. The van der Waals surface area contributed by atoms with Gasteiger partial charge >= 0.3 is 5.97 Å². The number of halogens is 1. The smallest absolute Gasteiger partial charge is 0.346 e. The molecule has 2 aromatic carbocycles. The van der Waals surface area contributed by atoms with Crippen LogP contribution in [-0.2, 0) is 17.9 Å². The Hall–Kier alpha value is -2.80. The van der Waals surface area contributed by atoms with Gasteiger partial charge in [-0.15, -0.1) is 11.8 Å². The molecule has 0 N–H and O–H groups in total. The number of esters is 1. The van der Waals surface area contributed by atoms with Crippen molar-refractivity contribution in [2.24, 2.45) is 0 Å². The normalized spacial score (nSPS) is 12.9. The van der Waals surface area contributed by atoms with E-state index in [1.165, 1.54) is 17.8 Å². The molecule has 0 aliphatic carbocycles. The molecule has 0 atom stereocenters. The predicted octanol–water partition coefficient (Wildman–Crippen LogP) is 4.55. The van der Waals surface area contributed by atoms with Gasteiger partial charge in [-0.05, 0) is 30.0 Å². The second-order valence-corrected chi connectivity index (χ2v) is 7.24. The Morgan fingerprint density at radius 2 is 2.11 bits per heavy atom. The lowest BCUT2D eigenvalue weighted by Crippen LogP contribution is -2.16. The number of rotatable bonds is 5. The van der Waals surface area contributed by atoms with Gasteiger partial charge < -0.3 is 9.47 Å². The van der Waals surface area contributed by atoms with E-state index in [4.69, 9.17) is 9.47 Å². The number of nitrogens with zero attached hydrogens (tertiary/aromatic N) is 2. The van der Waals surface area contributed by atoms with Crippen LogP contribution in [0.1, 0.15) is 22.3 Å². The Bertz CT molecular complexity index is 1000. The minimum Gasteiger partial charge on any atom is -0.477 e. The summed E-state index contributed by atoms with van der Waals surface area (Å²) in [5, 5.41) is 4.46. The minimum absolute atomic E-state index is 0.123. The van der Waals surface area contributed by atoms with Gasteiger partial charge in [0.1, 0.15) is 23.7 Å². The number of ether oxygens (including phenoxy) is 2. The SMILES string of the molecule is CSc1ccc(-c2nn3c(c2C(=O)OCc2ccccc2)OCCC3)c(F)c1. The molecule has 5 nitrogen and oxygen atoms in total. The van der Waals surface area contributed by atoms with Gasteiger partial charge in [0, 0.05) is 23.4 Å². The van der Waals surface area contributed by atoms with E-state index in [1.54, 1.807) is 16.8 Å². The van der Waals surface area contributed by atoms with E-state index in [1.807, 2.05) is 36.6 Å². The molecule has 0 spiro atoms. The van der Waals surface area contributed by atoms with Crippen molar-refractivity contribution in [2.75, 3.05) is 12.9 Å². The van der Waals surface area contributed by atoms with E-state index in [0.717, 1.165) is 16.9 Å². The third kappa shape index (κ3) is 3.62. The summed E-state index contributed by atoms with van der Waals surface area (Å²) in [6.45, 7) is 1.22. The van der Waals surface area contributed by atoms with E-state index in [0.29, 0.717) is 19.0 Å². The highest BCUT2D eigenvalue weighted by atomic mass is 32.2. The predicted molar refractivity (Wildman–Crippen MR) is 105 cm³/mol. The van der Waals surface area contributed by atoms with Crippen molar-refractivity contribution in [1.82, 2.24) is 9.78 Å². The maximum absolute atomic E-state index is 14.7. The van der Waals surface area contributed by atoms with Crippen LogP contribution < -0.4 is 4.74 Å². The number of hydrogen-bond acceptors (Lipinski definition) is 5. The zero-order valence-electron chi connectivity index (χ0n) is 15.4.